The van der Waals surface area contributed by atoms with Crippen molar-refractivity contribution < 1.29 is 4.79 Å². The van der Waals surface area contributed by atoms with E-state index < -0.39 is 0 Å². The molecule has 1 heterocycles. The van der Waals surface area contributed by atoms with Crippen LogP contribution in [0.15, 0.2) is 18.2 Å². The first kappa shape index (κ1) is 12.8. The lowest BCUT2D eigenvalue weighted by Crippen LogP contribution is -2.61. The van der Waals surface area contributed by atoms with Crippen LogP contribution in [-0.4, -0.2) is 23.5 Å². The van der Waals surface area contributed by atoms with Crippen molar-refractivity contribution in [2.24, 2.45) is 17.8 Å². The number of anilines is 1. The minimum atomic E-state index is -0.00260. The monoisotopic (exact) mass is 310 g/mol. The molecule has 1 aliphatic heterocycles. The Balaban J connectivity index is 1.45. The first-order valence-electron chi connectivity index (χ1n) is 7.16. The Morgan fingerprint density at radius 3 is 2.75 bits per heavy atom. The highest BCUT2D eigenvalue weighted by atomic mass is 35.5. The summed E-state index contributed by atoms with van der Waals surface area (Å²) in [6.07, 6.45) is 3.99. The van der Waals surface area contributed by atoms with Crippen LogP contribution in [0.1, 0.15) is 19.3 Å². The second-order valence-electron chi connectivity index (χ2n) is 6.20. The quantitative estimate of drug-likeness (QED) is 0.826. The maximum atomic E-state index is 12.3. The lowest BCUT2D eigenvalue weighted by atomic mass is 9.77. The number of carbonyl (C=O) groups is 1. The van der Waals surface area contributed by atoms with Gasteiger partial charge in [0.25, 0.3) is 0 Å². The van der Waals surface area contributed by atoms with Crippen molar-refractivity contribution in [1.29, 1.82) is 0 Å². The molecule has 3 nitrogen and oxygen atoms in total. The second-order valence-corrected chi connectivity index (χ2v) is 7.01. The van der Waals surface area contributed by atoms with E-state index in [0.717, 1.165) is 24.3 Å². The van der Waals surface area contributed by atoms with Crippen molar-refractivity contribution in [1.82, 2.24) is 4.90 Å². The zero-order valence-electron chi connectivity index (χ0n) is 11.0. The highest BCUT2D eigenvalue weighted by molar-refractivity contribution is 6.42. The summed E-state index contributed by atoms with van der Waals surface area (Å²) in [5.74, 6) is 2.37. The van der Waals surface area contributed by atoms with E-state index in [1.807, 2.05) is 4.90 Å². The van der Waals surface area contributed by atoms with Crippen LogP contribution in [-0.2, 0) is 0 Å². The number of carbonyl (C=O) groups excluding carboxylic acids is 1. The molecule has 1 saturated heterocycles. The van der Waals surface area contributed by atoms with Gasteiger partial charge < -0.3 is 10.2 Å². The highest BCUT2D eigenvalue weighted by Crippen LogP contribution is 2.55. The van der Waals surface area contributed by atoms with Gasteiger partial charge in [-0.05, 0) is 49.3 Å². The van der Waals surface area contributed by atoms with Crippen LogP contribution >= 0.6 is 23.2 Å². The Morgan fingerprint density at radius 2 is 2.00 bits per heavy atom. The minimum absolute atomic E-state index is 0.00260. The molecule has 2 saturated carbocycles. The zero-order valence-corrected chi connectivity index (χ0v) is 12.5. The third-order valence-corrected chi connectivity index (χ3v) is 5.98. The summed E-state index contributed by atoms with van der Waals surface area (Å²) in [6, 6.07) is 5.66. The third kappa shape index (κ3) is 1.83. The SMILES string of the molecule is O=C(Nc1ccc(Cl)c(Cl)c1)N1C[C@@H]2[C@H]3CC[C@@H](C3)[C@H]21. The predicted molar refractivity (Wildman–Crippen MR) is 80.3 cm³/mol. The zero-order chi connectivity index (χ0) is 13.9. The molecule has 1 aromatic carbocycles. The number of halogens is 2. The summed E-state index contributed by atoms with van der Waals surface area (Å²) < 4.78 is 0. The molecule has 1 N–H and O–H groups in total. The number of amides is 2. The number of benzene rings is 1. The van der Waals surface area contributed by atoms with Gasteiger partial charge in [0.15, 0.2) is 0 Å². The van der Waals surface area contributed by atoms with E-state index in [-0.39, 0.29) is 6.03 Å². The van der Waals surface area contributed by atoms with Crippen LogP contribution < -0.4 is 5.32 Å². The van der Waals surface area contributed by atoms with E-state index in [2.05, 4.69) is 5.32 Å². The third-order valence-electron chi connectivity index (χ3n) is 5.24. The summed E-state index contributed by atoms with van der Waals surface area (Å²) in [7, 11) is 0. The first-order chi connectivity index (χ1) is 9.63. The second kappa shape index (κ2) is 4.54. The van der Waals surface area contributed by atoms with Gasteiger partial charge in [-0.25, -0.2) is 4.79 Å². The molecule has 2 aliphatic carbocycles. The molecule has 106 valence electrons. The minimum Gasteiger partial charge on any atom is -0.321 e. The number of nitrogens with one attached hydrogen (secondary N) is 1. The molecule has 20 heavy (non-hydrogen) atoms. The number of likely N-dealkylation sites (tertiary alicyclic amines) is 1. The van der Waals surface area contributed by atoms with Crippen LogP contribution in [0.25, 0.3) is 0 Å². The summed E-state index contributed by atoms with van der Waals surface area (Å²) in [5, 5.41) is 3.89. The summed E-state index contributed by atoms with van der Waals surface area (Å²) in [5.41, 5.74) is 0.705. The van der Waals surface area contributed by atoms with Crippen molar-refractivity contribution in [3.05, 3.63) is 28.2 Å². The number of urea groups is 1. The average molecular weight is 311 g/mol. The van der Waals surface area contributed by atoms with Crippen LogP contribution in [0.3, 0.4) is 0 Å². The van der Waals surface area contributed by atoms with E-state index in [9.17, 15) is 4.79 Å². The van der Waals surface area contributed by atoms with Gasteiger partial charge in [-0.15, -0.1) is 0 Å². The summed E-state index contributed by atoms with van der Waals surface area (Å²) in [4.78, 5) is 14.3. The Hall–Kier alpha value is -0.930. The number of rotatable bonds is 1. The molecular formula is C15H16Cl2N2O. The number of nitrogens with zero attached hydrogens (tertiary/aromatic N) is 1. The molecule has 0 spiro atoms. The van der Waals surface area contributed by atoms with Gasteiger partial charge in [-0.1, -0.05) is 23.2 Å². The van der Waals surface area contributed by atoms with Gasteiger partial charge in [-0.3, -0.25) is 0 Å². The molecule has 4 atom stereocenters. The maximum absolute atomic E-state index is 12.3. The van der Waals surface area contributed by atoms with Crippen molar-refractivity contribution in [2.45, 2.75) is 25.3 Å². The molecule has 2 bridgehead atoms. The normalized spacial score (nSPS) is 33.8. The summed E-state index contributed by atoms with van der Waals surface area (Å²) in [6.45, 7) is 0.916. The number of hydrogen-bond acceptors (Lipinski definition) is 1. The fraction of sp³-hybridized carbons (Fsp3) is 0.533. The molecule has 1 aromatic rings. The van der Waals surface area contributed by atoms with Gasteiger partial charge in [-0.2, -0.15) is 0 Å². The van der Waals surface area contributed by atoms with E-state index in [1.165, 1.54) is 19.3 Å². The van der Waals surface area contributed by atoms with E-state index in [4.69, 9.17) is 23.2 Å². The Labute approximate surface area is 128 Å². The fourth-order valence-electron chi connectivity index (χ4n) is 4.32. The topological polar surface area (TPSA) is 32.3 Å². The smallest absolute Gasteiger partial charge is 0.321 e. The molecule has 0 radical (unpaired) electrons. The van der Waals surface area contributed by atoms with Crippen LogP contribution in [0.5, 0.6) is 0 Å². The molecule has 4 rings (SSSR count). The fourth-order valence-corrected chi connectivity index (χ4v) is 4.62. The standard InChI is InChI=1S/C15H16Cl2N2O/c16-12-4-3-10(6-13(12)17)18-15(20)19-7-11-8-1-2-9(5-8)14(11)19/h3-4,6,8-9,11,14H,1-2,5,7H2,(H,18,20)/t8-,9-,11+,14+/m0/s1. The molecule has 3 fully saturated rings. The van der Waals surface area contributed by atoms with Gasteiger partial charge in [0, 0.05) is 24.2 Å². The van der Waals surface area contributed by atoms with Gasteiger partial charge >= 0.3 is 6.03 Å². The van der Waals surface area contributed by atoms with E-state index >= 15 is 0 Å². The van der Waals surface area contributed by atoms with E-state index in [1.54, 1.807) is 18.2 Å². The highest BCUT2D eigenvalue weighted by Gasteiger charge is 2.57. The van der Waals surface area contributed by atoms with Crippen molar-refractivity contribution in [3.63, 3.8) is 0 Å². The Kier molecular flexibility index (Phi) is 2.90. The largest absolute Gasteiger partial charge is 0.322 e. The molecular weight excluding hydrogens is 295 g/mol. The van der Waals surface area contributed by atoms with Crippen molar-refractivity contribution in [2.75, 3.05) is 11.9 Å². The van der Waals surface area contributed by atoms with Gasteiger partial charge in [0.2, 0.25) is 0 Å². The number of hydrogen-bond donors (Lipinski definition) is 1. The van der Waals surface area contributed by atoms with Crippen LogP contribution in [0.4, 0.5) is 10.5 Å². The van der Waals surface area contributed by atoms with Crippen molar-refractivity contribution >= 4 is 34.9 Å². The molecule has 0 aromatic heterocycles. The lowest BCUT2D eigenvalue weighted by molar-refractivity contribution is 0.0177. The first-order valence-corrected chi connectivity index (χ1v) is 7.92. The van der Waals surface area contributed by atoms with Crippen LogP contribution in [0, 0.1) is 17.8 Å². The predicted octanol–water partition coefficient (Wildman–Crippen LogP) is 4.26. The molecule has 5 heteroatoms. The Morgan fingerprint density at radius 1 is 1.20 bits per heavy atom. The van der Waals surface area contributed by atoms with E-state index in [0.29, 0.717) is 21.8 Å². The lowest BCUT2D eigenvalue weighted by Gasteiger charge is -2.50. The average Bonchev–Trinajstić information content (AvgIpc) is 2.90. The molecule has 3 aliphatic rings. The Bertz CT molecular complexity index is 575. The summed E-state index contributed by atoms with van der Waals surface area (Å²) >= 11 is 11.8. The van der Waals surface area contributed by atoms with Crippen molar-refractivity contribution in [3.8, 4) is 0 Å². The molecule has 0 unspecified atom stereocenters. The maximum Gasteiger partial charge on any atom is 0.322 e. The van der Waals surface area contributed by atoms with Gasteiger partial charge in [0.1, 0.15) is 0 Å². The van der Waals surface area contributed by atoms with Gasteiger partial charge in [0.05, 0.1) is 10.0 Å². The van der Waals surface area contributed by atoms with Crippen LogP contribution in [0.2, 0.25) is 10.0 Å². The molecule has 2 amide bonds. The number of fused-ring (bicyclic) bond motifs is 5.